The van der Waals surface area contributed by atoms with Gasteiger partial charge in [0.15, 0.2) is 0 Å². The lowest BCUT2D eigenvalue weighted by Gasteiger charge is -1.98. The van der Waals surface area contributed by atoms with E-state index in [1.165, 1.54) is 6.08 Å². The molecule has 0 aliphatic heterocycles. The van der Waals surface area contributed by atoms with Gasteiger partial charge in [0.2, 0.25) is 0 Å². The summed E-state index contributed by atoms with van der Waals surface area (Å²) in [5, 5.41) is 0.660. The van der Waals surface area contributed by atoms with Gasteiger partial charge in [0.1, 0.15) is 18.2 Å². The van der Waals surface area contributed by atoms with Crippen molar-refractivity contribution in [1.29, 1.82) is 0 Å². The van der Waals surface area contributed by atoms with E-state index in [4.69, 9.17) is 4.74 Å². The van der Waals surface area contributed by atoms with Crippen LogP contribution in [0, 0.1) is 0 Å². The Hall–Kier alpha value is -1.49. The van der Waals surface area contributed by atoms with E-state index in [0.717, 1.165) is 11.3 Å². The van der Waals surface area contributed by atoms with E-state index in [-0.39, 0.29) is 17.2 Å². The number of aromatic nitrogens is 1. The molecule has 1 aromatic rings. The topological polar surface area (TPSA) is 39.2 Å². The van der Waals surface area contributed by atoms with Crippen molar-refractivity contribution >= 4 is 17.3 Å². The summed E-state index contributed by atoms with van der Waals surface area (Å²) in [5.74, 6) is -0.555. The second kappa shape index (κ2) is 6.17. The van der Waals surface area contributed by atoms with Crippen molar-refractivity contribution in [3.63, 3.8) is 0 Å². The molecule has 0 aliphatic rings. The number of esters is 1. The Labute approximate surface area is 97.3 Å². The molecule has 0 aliphatic carbocycles. The summed E-state index contributed by atoms with van der Waals surface area (Å²) in [6, 6.07) is 0. The van der Waals surface area contributed by atoms with Crippen LogP contribution in [0.15, 0.2) is 25.3 Å². The summed E-state index contributed by atoms with van der Waals surface area (Å²) in [4.78, 5) is 15.7. The maximum Gasteiger partial charge on any atom is 0.350 e. The van der Waals surface area contributed by atoms with Gasteiger partial charge in [0.25, 0.3) is 0 Å². The van der Waals surface area contributed by atoms with E-state index >= 15 is 0 Å². The Kier molecular flexibility index (Phi) is 4.85. The van der Waals surface area contributed by atoms with Crippen molar-refractivity contribution in [2.24, 2.45) is 0 Å². The molecule has 0 spiro atoms. The van der Waals surface area contributed by atoms with Crippen molar-refractivity contribution in [2.45, 2.75) is 13.1 Å². The van der Waals surface area contributed by atoms with Gasteiger partial charge in [-0.3, -0.25) is 0 Å². The first-order chi connectivity index (χ1) is 7.72. The summed E-state index contributed by atoms with van der Waals surface area (Å²) >= 11 is 1.14. The van der Waals surface area contributed by atoms with Gasteiger partial charge in [-0.2, -0.15) is 0 Å². The minimum atomic E-state index is -0.772. The van der Waals surface area contributed by atoms with Gasteiger partial charge in [0, 0.05) is 6.42 Å². The molecular weight excluding hydrogens is 229 g/mol. The summed E-state index contributed by atoms with van der Waals surface area (Å²) in [6.45, 7) is 6.32. The number of nitrogens with zero attached hydrogens (tertiary/aromatic N) is 1. The molecule has 0 radical (unpaired) electrons. The lowest BCUT2D eigenvalue weighted by molar-refractivity contribution is 0.0553. The predicted octanol–water partition coefficient (Wildman–Crippen LogP) is 2.68. The molecule has 86 valence electrons. The highest BCUT2D eigenvalue weighted by Crippen LogP contribution is 2.21. The fourth-order valence-corrected chi connectivity index (χ4v) is 2.01. The Morgan fingerprint density at radius 2 is 2.25 bits per heavy atom. The molecule has 0 unspecified atom stereocenters. The van der Waals surface area contributed by atoms with Gasteiger partial charge in [-0.05, 0) is 0 Å². The van der Waals surface area contributed by atoms with Crippen molar-refractivity contribution in [2.75, 3.05) is 6.61 Å². The van der Waals surface area contributed by atoms with E-state index in [2.05, 4.69) is 18.1 Å². The maximum absolute atomic E-state index is 12.6. The van der Waals surface area contributed by atoms with Crippen LogP contribution in [0.5, 0.6) is 0 Å². The van der Waals surface area contributed by atoms with Crippen molar-refractivity contribution in [3.8, 4) is 0 Å². The molecule has 0 saturated carbocycles. The fraction of sp³-hybridized carbons (Fsp3) is 0.273. The smallest absolute Gasteiger partial charge is 0.350 e. The van der Waals surface area contributed by atoms with Crippen LogP contribution < -0.4 is 0 Å². The molecule has 0 amide bonds. The SMILES string of the molecule is C=CCOC(=O)c1sc(CC=C)nc1CF. The Bertz CT molecular complexity index is 401. The molecule has 0 bridgehead atoms. The van der Waals surface area contributed by atoms with Crippen molar-refractivity contribution in [3.05, 3.63) is 40.9 Å². The van der Waals surface area contributed by atoms with Crippen LogP contribution in [0.2, 0.25) is 0 Å². The number of hydrogen-bond donors (Lipinski definition) is 0. The molecule has 0 saturated heterocycles. The van der Waals surface area contributed by atoms with E-state index < -0.39 is 12.6 Å². The second-order valence-corrected chi connectivity index (χ2v) is 3.98. The summed E-state index contributed by atoms with van der Waals surface area (Å²) in [7, 11) is 0. The molecular formula is C11H12FNO2S. The zero-order chi connectivity index (χ0) is 12.0. The van der Waals surface area contributed by atoms with E-state index in [1.807, 2.05) is 0 Å². The quantitative estimate of drug-likeness (QED) is 0.568. The molecule has 0 aromatic carbocycles. The first-order valence-corrected chi connectivity index (χ1v) is 5.48. The first-order valence-electron chi connectivity index (χ1n) is 4.66. The minimum absolute atomic E-state index is 0.110. The highest BCUT2D eigenvalue weighted by Gasteiger charge is 2.18. The van der Waals surface area contributed by atoms with Crippen molar-refractivity contribution in [1.82, 2.24) is 4.98 Å². The highest BCUT2D eigenvalue weighted by atomic mass is 32.1. The normalized spacial score (nSPS) is 9.81. The first kappa shape index (κ1) is 12.6. The molecule has 1 heterocycles. The third kappa shape index (κ3) is 3.00. The van der Waals surface area contributed by atoms with Crippen LogP contribution in [-0.4, -0.2) is 17.6 Å². The molecule has 0 N–H and O–H groups in total. The van der Waals surface area contributed by atoms with Gasteiger partial charge >= 0.3 is 5.97 Å². The van der Waals surface area contributed by atoms with Gasteiger partial charge in [-0.25, -0.2) is 14.2 Å². The van der Waals surface area contributed by atoms with Gasteiger partial charge in [-0.15, -0.1) is 17.9 Å². The van der Waals surface area contributed by atoms with E-state index in [9.17, 15) is 9.18 Å². The van der Waals surface area contributed by atoms with Crippen LogP contribution in [-0.2, 0) is 17.8 Å². The van der Waals surface area contributed by atoms with Gasteiger partial charge in [0.05, 0.1) is 10.7 Å². The number of allylic oxidation sites excluding steroid dienone is 1. The number of carbonyl (C=O) groups is 1. The van der Waals surface area contributed by atoms with E-state index in [1.54, 1.807) is 6.08 Å². The number of halogens is 1. The lowest BCUT2D eigenvalue weighted by Crippen LogP contribution is -2.05. The van der Waals surface area contributed by atoms with Crippen LogP contribution in [0.25, 0.3) is 0 Å². The second-order valence-electron chi connectivity index (χ2n) is 2.90. The third-order valence-corrected chi connectivity index (χ3v) is 2.80. The minimum Gasteiger partial charge on any atom is -0.457 e. The number of carbonyl (C=O) groups excluding carboxylic acids is 1. The molecule has 1 rings (SSSR count). The zero-order valence-electron chi connectivity index (χ0n) is 8.74. The Morgan fingerprint density at radius 3 is 2.81 bits per heavy atom. The van der Waals surface area contributed by atoms with Crippen LogP contribution in [0.1, 0.15) is 20.4 Å². The molecule has 5 heteroatoms. The molecule has 16 heavy (non-hydrogen) atoms. The summed E-state index contributed by atoms with van der Waals surface area (Å²) < 4.78 is 17.4. The third-order valence-electron chi connectivity index (χ3n) is 1.70. The van der Waals surface area contributed by atoms with Crippen LogP contribution in [0.4, 0.5) is 4.39 Å². The molecule has 3 nitrogen and oxygen atoms in total. The lowest BCUT2D eigenvalue weighted by atomic mass is 10.4. The van der Waals surface area contributed by atoms with E-state index in [0.29, 0.717) is 11.4 Å². The molecule has 1 aromatic heterocycles. The summed E-state index contributed by atoms with van der Waals surface area (Å²) in [6.07, 6.45) is 3.63. The standard InChI is InChI=1S/C11H12FNO2S/c1-3-5-9-13-8(7-12)10(16-9)11(14)15-6-4-2/h3-4H,1-2,5-7H2. The Balaban J connectivity index is 2.87. The number of hydrogen-bond acceptors (Lipinski definition) is 4. The number of rotatable bonds is 6. The monoisotopic (exact) mass is 241 g/mol. The highest BCUT2D eigenvalue weighted by molar-refractivity contribution is 7.13. The molecule has 0 fully saturated rings. The van der Waals surface area contributed by atoms with Gasteiger partial charge in [-0.1, -0.05) is 18.7 Å². The van der Waals surface area contributed by atoms with Crippen LogP contribution >= 0.6 is 11.3 Å². The number of alkyl halides is 1. The predicted molar refractivity (Wildman–Crippen MR) is 61.3 cm³/mol. The fourth-order valence-electron chi connectivity index (χ4n) is 1.06. The number of thiazole rings is 1. The Morgan fingerprint density at radius 1 is 1.50 bits per heavy atom. The number of ether oxygens (including phenoxy) is 1. The average molecular weight is 241 g/mol. The average Bonchev–Trinajstić information content (AvgIpc) is 2.69. The zero-order valence-corrected chi connectivity index (χ0v) is 9.56. The van der Waals surface area contributed by atoms with Crippen LogP contribution in [0.3, 0.4) is 0 Å². The van der Waals surface area contributed by atoms with Crippen molar-refractivity contribution < 1.29 is 13.9 Å². The maximum atomic E-state index is 12.6. The van der Waals surface area contributed by atoms with Gasteiger partial charge < -0.3 is 4.74 Å². The molecule has 0 atom stereocenters. The summed E-state index contributed by atoms with van der Waals surface area (Å²) in [5.41, 5.74) is 0.135. The largest absolute Gasteiger partial charge is 0.457 e.